The van der Waals surface area contributed by atoms with E-state index in [0.717, 1.165) is 0 Å². The van der Waals surface area contributed by atoms with Crippen LogP contribution in [0.2, 0.25) is 0 Å². The van der Waals surface area contributed by atoms with Crippen LogP contribution >= 0.6 is 10.7 Å². The summed E-state index contributed by atoms with van der Waals surface area (Å²) >= 11 is 0. The molecule has 1 fully saturated rings. The third-order valence-electron chi connectivity index (χ3n) is 1.23. The van der Waals surface area contributed by atoms with Crippen LogP contribution in [-0.2, 0) is 13.8 Å². The van der Waals surface area contributed by atoms with Gasteiger partial charge < -0.3 is 4.74 Å². The van der Waals surface area contributed by atoms with E-state index in [0.29, 0.717) is 13.2 Å². The highest BCUT2D eigenvalue weighted by Gasteiger charge is 2.24. The smallest absolute Gasteiger partial charge is 0.250 e. The molecule has 0 spiro atoms. The van der Waals surface area contributed by atoms with Crippen molar-refractivity contribution >= 4 is 19.7 Å². The maximum atomic E-state index is 10.6. The molecule has 1 heterocycles. The van der Waals surface area contributed by atoms with Gasteiger partial charge in [0, 0.05) is 17.2 Å². The molecule has 0 aromatic carbocycles. The Kier molecular flexibility index (Phi) is 2.51. The summed E-state index contributed by atoms with van der Waals surface area (Å²) in [5.74, 6) is 0. The van der Waals surface area contributed by atoms with Crippen molar-refractivity contribution in [1.29, 1.82) is 0 Å². The minimum atomic E-state index is -3.49. The first-order valence-electron chi connectivity index (χ1n) is 2.85. The van der Waals surface area contributed by atoms with E-state index in [1.807, 2.05) is 0 Å². The lowest BCUT2D eigenvalue weighted by Gasteiger charge is -2.20. The number of rotatable bonds is 1. The van der Waals surface area contributed by atoms with Crippen molar-refractivity contribution in [2.24, 2.45) is 0 Å². The number of hydrogen-bond acceptors (Lipinski definition) is 4. The van der Waals surface area contributed by atoms with Gasteiger partial charge in [-0.25, -0.2) is 8.42 Å². The monoisotopic (exact) mass is 185 g/mol. The summed E-state index contributed by atoms with van der Waals surface area (Å²) in [6, 6.07) is 0. The van der Waals surface area contributed by atoms with Crippen molar-refractivity contribution in [2.75, 3.05) is 19.8 Å². The Bertz CT molecular complexity index is 197. The van der Waals surface area contributed by atoms with Crippen LogP contribution in [0.5, 0.6) is 0 Å². The molecule has 10 heavy (non-hydrogen) atoms. The van der Waals surface area contributed by atoms with Crippen LogP contribution in [0.25, 0.3) is 0 Å². The molecule has 6 heteroatoms. The zero-order chi connectivity index (χ0) is 7.61. The van der Waals surface area contributed by atoms with Gasteiger partial charge in [-0.2, -0.15) is 0 Å². The molecular weight excluding hydrogens is 178 g/mol. The Morgan fingerprint density at radius 1 is 1.60 bits per heavy atom. The van der Waals surface area contributed by atoms with Crippen LogP contribution in [0.4, 0.5) is 0 Å². The molecule has 1 aliphatic rings. The molecule has 1 unspecified atom stereocenters. The van der Waals surface area contributed by atoms with E-state index in [4.69, 9.17) is 15.4 Å². The van der Waals surface area contributed by atoms with Crippen molar-refractivity contribution in [1.82, 2.24) is 5.32 Å². The summed E-state index contributed by atoms with van der Waals surface area (Å²) in [5.41, 5.74) is 0. The first-order chi connectivity index (χ1) is 4.61. The van der Waals surface area contributed by atoms with Crippen molar-refractivity contribution in [3.8, 4) is 0 Å². The highest BCUT2D eigenvalue weighted by atomic mass is 35.7. The Labute approximate surface area is 63.9 Å². The van der Waals surface area contributed by atoms with Gasteiger partial charge in [-0.1, -0.05) is 0 Å². The maximum Gasteiger partial charge on any atom is 0.250 e. The Morgan fingerprint density at radius 3 is 2.60 bits per heavy atom. The molecule has 0 aliphatic carbocycles. The predicted octanol–water partition coefficient (Wildman–Crippen LogP) is -0.499. The topological polar surface area (TPSA) is 55.4 Å². The second-order valence-corrected chi connectivity index (χ2v) is 4.80. The summed E-state index contributed by atoms with van der Waals surface area (Å²) < 4.78 is 26.1. The van der Waals surface area contributed by atoms with E-state index in [1.54, 1.807) is 0 Å². The predicted molar refractivity (Wildman–Crippen MR) is 37.4 cm³/mol. The first-order valence-corrected chi connectivity index (χ1v) is 5.22. The van der Waals surface area contributed by atoms with E-state index in [9.17, 15) is 8.42 Å². The largest absolute Gasteiger partial charge is 0.377 e. The van der Waals surface area contributed by atoms with Gasteiger partial charge in [-0.15, -0.1) is 0 Å². The van der Waals surface area contributed by atoms with Crippen LogP contribution < -0.4 is 5.32 Å². The maximum absolute atomic E-state index is 10.6. The highest BCUT2D eigenvalue weighted by Crippen LogP contribution is 2.06. The minimum absolute atomic E-state index is 0.145. The zero-order valence-corrected chi connectivity index (χ0v) is 6.78. The summed E-state index contributed by atoms with van der Waals surface area (Å²) in [6.07, 6.45) is 0. The van der Waals surface area contributed by atoms with E-state index in [-0.39, 0.29) is 6.61 Å². The molecule has 0 saturated carbocycles. The van der Waals surface area contributed by atoms with Gasteiger partial charge >= 0.3 is 0 Å². The molecule has 0 aromatic heterocycles. The van der Waals surface area contributed by atoms with Gasteiger partial charge in [0.2, 0.25) is 0 Å². The molecule has 60 valence electrons. The van der Waals surface area contributed by atoms with Gasteiger partial charge in [0.1, 0.15) is 5.37 Å². The molecule has 0 amide bonds. The molecule has 4 nitrogen and oxygen atoms in total. The Balaban J connectivity index is 2.56. The SMILES string of the molecule is O=S(=O)(Cl)C1COCCN1. The van der Waals surface area contributed by atoms with Crippen molar-refractivity contribution in [2.45, 2.75) is 5.37 Å². The van der Waals surface area contributed by atoms with Gasteiger partial charge in [-0.05, 0) is 0 Å². The second-order valence-electron chi connectivity index (χ2n) is 1.99. The molecule has 0 bridgehead atoms. The molecule has 1 saturated heterocycles. The summed E-state index contributed by atoms with van der Waals surface area (Å²) in [4.78, 5) is 0. The van der Waals surface area contributed by atoms with E-state index in [2.05, 4.69) is 5.32 Å². The lowest BCUT2D eigenvalue weighted by Crippen LogP contribution is -2.44. The zero-order valence-electron chi connectivity index (χ0n) is 5.21. The Morgan fingerprint density at radius 2 is 2.30 bits per heavy atom. The average molecular weight is 186 g/mol. The van der Waals surface area contributed by atoms with Crippen LogP contribution in [0.15, 0.2) is 0 Å². The third kappa shape index (κ3) is 2.09. The number of halogens is 1. The Hall–Kier alpha value is 0.160. The normalized spacial score (nSPS) is 28.3. The number of ether oxygens (including phenoxy) is 1. The number of hydrogen-bond donors (Lipinski definition) is 1. The third-order valence-corrected chi connectivity index (χ3v) is 2.86. The first kappa shape index (κ1) is 8.26. The molecular formula is C4H8ClNO3S. The van der Waals surface area contributed by atoms with Crippen LogP contribution in [0, 0.1) is 0 Å². The average Bonchev–Trinajstić information content (AvgIpc) is 1.88. The van der Waals surface area contributed by atoms with Crippen LogP contribution in [0.3, 0.4) is 0 Å². The number of morpholine rings is 1. The quantitative estimate of drug-likeness (QED) is 0.560. The van der Waals surface area contributed by atoms with Gasteiger partial charge in [0.25, 0.3) is 9.05 Å². The summed E-state index contributed by atoms with van der Waals surface area (Å²) in [7, 11) is 1.55. The molecule has 1 atom stereocenters. The van der Waals surface area contributed by atoms with Crippen molar-refractivity contribution in [3.05, 3.63) is 0 Å². The molecule has 1 N–H and O–H groups in total. The van der Waals surface area contributed by atoms with Crippen LogP contribution in [-0.4, -0.2) is 33.6 Å². The van der Waals surface area contributed by atoms with Gasteiger partial charge in [0.05, 0.1) is 13.2 Å². The molecule has 0 radical (unpaired) electrons. The minimum Gasteiger partial charge on any atom is -0.377 e. The molecule has 1 aliphatic heterocycles. The van der Waals surface area contributed by atoms with Crippen LogP contribution in [0.1, 0.15) is 0 Å². The number of nitrogens with one attached hydrogen (secondary N) is 1. The summed E-state index contributed by atoms with van der Waals surface area (Å²) in [5, 5.41) is 1.98. The van der Waals surface area contributed by atoms with Gasteiger partial charge in [-0.3, -0.25) is 5.32 Å². The van der Waals surface area contributed by atoms with E-state index >= 15 is 0 Å². The fourth-order valence-corrected chi connectivity index (χ4v) is 1.64. The lowest BCUT2D eigenvalue weighted by atomic mass is 10.5. The fraction of sp³-hybridized carbons (Fsp3) is 1.00. The highest BCUT2D eigenvalue weighted by molar-refractivity contribution is 8.14. The van der Waals surface area contributed by atoms with Crippen molar-refractivity contribution in [3.63, 3.8) is 0 Å². The summed E-state index contributed by atoms with van der Waals surface area (Å²) in [6.45, 7) is 1.23. The van der Waals surface area contributed by atoms with Gasteiger partial charge in [0.15, 0.2) is 0 Å². The standard InChI is InChI=1S/C4H8ClNO3S/c5-10(7,8)4-3-9-2-1-6-4/h4,6H,1-3H2. The molecule has 0 aromatic rings. The van der Waals surface area contributed by atoms with Crippen molar-refractivity contribution < 1.29 is 13.2 Å². The van der Waals surface area contributed by atoms with E-state index in [1.165, 1.54) is 0 Å². The fourth-order valence-electron chi connectivity index (χ4n) is 0.722. The lowest BCUT2D eigenvalue weighted by molar-refractivity contribution is 0.0983. The molecule has 1 rings (SSSR count). The van der Waals surface area contributed by atoms with E-state index < -0.39 is 14.4 Å². The second kappa shape index (κ2) is 3.04.